The molecule has 17 heavy (non-hydrogen) atoms. The number of carboxylic acids is 1. The summed E-state index contributed by atoms with van der Waals surface area (Å²) in [6.45, 7) is 1.90. The van der Waals surface area contributed by atoms with E-state index in [0.717, 1.165) is 22.8 Å². The summed E-state index contributed by atoms with van der Waals surface area (Å²) in [6.07, 6.45) is 3.94. The molecule has 2 heterocycles. The Bertz CT molecular complexity index is 520. The fourth-order valence-electron chi connectivity index (χ4n) is 1.61. The maximum absolute atomic E-state index is 10.5. The van der Waals surface area contributed by atoms with Crippen LogP contribution in [0.5, 0.6) is 0 Å². The highest BCUT2D eigenvalue weighted by atomic mass is 16.4. The van der Waals surface area contributed by atoms with Gasteiger partial charge in [-0.15, -0.1) is 0 Å². The molecule has 5 nitrogen and oxygen atoms in total. The summed E-state index contributed by atoms with van der Waals surface area (Å²) in [5.74, 6) is -0.0526. The molecule has 2 N–H and O–H groups in total. The molecular weight excluding hydrogens is 218 g/mol. The lowest BCUT2D eigenvalue weighted by Crippen LogP contribution is -1.98. The SMILES string of the molecule is Cc1[nH]c(-c2ccncc2)nc1CCC(=O)O. The molecule has 0 spiro atoms. The Morgan fingerprint density at radius 2 is 2.12 bits per heavy atom. The summed E-state index contributed by atoms with van der Waals surface area (Å²) in [5, 5.41) is 8.64. The monoisotopic (exact) mass is 231 g/mol. The largest absolute Gasteiger partial charge is 0.481 e. The van der Waals surface area contributed by atoms with Crippen LogP contribution >= 0.6 is 0 Å². The highest BCUT2D eigenvalue weighted by molar-refractivity contribution is 5.67. The van der Waals surface area contributed by atoms with Gasteiger partial charge in [0, 0.05) is 30.1 Å². The lowest BCUT2D eigenvalue weighted by molar-refractivity contribution is -0.136. The number of aryl methyl sites for hydroxylation is 2. The molecule has 0 aliphatic rings. The van der Waals surface area contributed by atoms with E-state index in [4.69, 9.17) is 5.11 Å². The molecule has 0 aliphatic carbocycles. The fourth-order valence-corrected chi connectivity index (χ4v) is 1.61. The number of aliphatic carboxylic acids is 1. The van der Waals surface area contributed by atoms with E-state index in [-0.39, 0.29) is 6.42 Å². The Morgan fingerprint density at radius 3 is 2.76 bits per heavy atom. The summed E-state index contributed by atoms with van der Waals surface area (Å²) >= 11 is 0. The van der Waals surface area contributed by atoms with Crippen LogP contribution in [0.4, 0.5) is 0 Å². The molecule has 0 amide bonds. The molecule has 0 bridgehead atoms. The zero-order valence-corrected chi connectivity index (χ0v) is 9.47. The molecule has 2 rings (SSSR count). The summed E-state index contributed by atoms with van der Waals surface area (Å²) in [6, 6.07) is 3.72. The van der Waals surface area contributed by atoms with Crippen LogP contribution in [0.1, 0.15) is 17.8 Å². The van der Waals surface area contributed by atoms with E-state index in [1.165, 1.54) is 0 Å². The molecule has 5 heteroatoms. The predicted octanol–water partition coefficient (Wildman–Crippen LogP) is 1.80. The molecule has 2 aromatic heterocycles. The molecule has 0 atom stereocenters. The van der Waals surface area contributed by atoms with Crippen molar-refractivity contribution in [3.05, 3.63) is 35.9 Å². The molecular formula is C12H13N3O2. The van der Waals surface area contributed by atoms with Crippen LogP contribution < -0.4 is 0 Å². The number of hydrogen-bond donors (Lipinski definition) is 2. The number of carboxylic acid groups (broad SMARTS) is 1. The number of aromatic nitrogens is 3. The van der Waals surface area contributed by atoms with Crippen molar-refractivity contribution in [3.63, 3.8) is 0 Å². The molecule has 88 valence electrons. The number of imidazole rings is 1. The zero-order valence-electron chi connectivity index (χ0n) is 9.47. The Kier molecular flexibility index (Phi) is 3.18. The van der Waals surface area contributed by atoms with Crippen molar-refractivity contribution in [1.82, 2.24) is 15.0 Å². The Morgan fingerprint density at radius 1 is 1.41 bits per heavy atom. The first-order valence-electron chi connectivity index (χ1n) is 5.34. The van der Waals surface area contributed by atoms with Gasteiger partial charge in [-0.2, -0.15) is 0 Å². The third-order valence-electron chi connectivity index (χ3n) is 2.51. The van der Waals surface area contributed by atoms with Crippen molar-refractivity contribution in [2.75, 3.05) is 0 Å². The molecule has 0 saturated carbocycles. The van der Waals surface area contributed by atoms with Crippen LogP contribution in [0.3, 0.4) is 0 Å². The number of hydrogen-bond acceptors (Lipinski definition) is 3. The second-order valence-corrected chi connectivity index (χ2v) is 3.79. The van der Waals surface area contributed by atoms with Crippen molar-refractivity contribution < 1.29 is 9.90 Å². The molecule has 0 aliphatic heterocycles. The Balaban J connectivity index is 2.22. The van der Waals surface area contributed by atoms with E-state index < -0.39 is 5.97 Å². The van der Waals surface area contributed by atoms with Gasteiger partial charge in [-0.05, 0) is 19.1 Å². The number of H-pyrrole nitrogens is 1. The van der Waals surface area contributed by atoms with Crippen LogP contribution in [0.2, 0.25) is 0 Å². The maximum Gasteiger partial charge on any atom is 0.303 e. The fraction of sp³-hybridized carbons (Fsp3) is 0.250. The van der Waals surface area contributed by atoms with Gasteiger partial charge in [-0.3, -0.25) is 9.78 Å². The molecule has 0 aromatic carbocycles. The second kappa shape index (κ2) is 4.78. The Hall–Kier alpha value is -2.17. The first-order valence-corrected chi connectivity index (χ1v) is 5.34. The molecule has 0 radical (unpaired) electrons. The first-order chi connectivity index (χ1) is 8.16. The van der Waals surface area contributed by atoms with Crippen LogP contribution in [-0.4, -0.2) is 26.0 Å². The highest BCUT2D eigenvalue weighted by Crippen LogP contribution is 2.17. The van der Waals surface area contributed by atoms with Gasteiger partial charge in [0.05, 0.1) is 12.1 Å². The summed E-state index contributed by atoms with van der Waals surface area (Å²) in [5.41, 5.74) is 2.67. The standard InChI is InChI=1S/C12H13N3O2/c1-8-10(2-3-11(16)17)15-12(14-8)9-4-6-13-7-5-9/h4-7H,2-3H2,1H3,(H,14,15)(H,16,17). The topological polar surface area (TPSA) is 78.9 Å². The summed E-state index contributed by atoms with van der Waals surface area (Å²) in [7, 11) is 0. The number of rotatable bonds is 4. The minimum atomic E-state index is -0.808. The van der Waals surface area contributed by atoms with Crippen LogP contribution in [0, 0.1) is 6.92 Å². The van der Waals surface area contributed by atoms with Crippen LogP contribution in [0.15, 0.2) is 24.5 Å². The van der Waals surface area contributed by atoms with Crippen LogP contribution in [-0.2, 0) is 11.2 Å². The van der Waals surface area contributed by atoms with Gasteiger partial charge in [0.25, 0.3) is 0 Å². The van der Waals surface area contributed by atoms with Gasteiger partial charge < -0.3 is 10.1 Å². The quantitative estimate of drug-likeness (QED) is 0.840. The van der Waals surface area contributed by atoms with Crippen LogP contribution in [0.25, 0.3) is 11.4 Å². The van der Waals surface area contributed by atoms with Crippen molar-refractivity contribution >= 4 is 5.97 Å². The molecule has 0 fully saturated rings. The van der Waals surface area contributed by atoms with Crippen molar-refractivity contribution in [3.8, 4) is 11.4 Å². The van der Waals surface area contributed by atoms with E-state index in [1.54, 1.807) is 12.4 Å². The first kappa shape index (κ1) is 11.3. The van der Waals surface area contributed by atoms with Crippen molar-refractivity contribution in [2.45, 2.75) is 19.8 Å². The number of nitrogens with zero attached hydrogens (tertiary/aromatic N) is 2. The van der Waals surface area contributed by atoms with Gasteiger partial charge in [-0.25, -0.2) is 4.98 Å². The van der Waals surface area contributed by atoms with E-state index in [0.29, 0.717) is 6.42 Å². The van der Waals surface area contributed by atoms with Gasteiger partial charge in [0.2, 0.25) is 0 Å². The molecule has 0 saturated heterocycles. The van der Waals surface area contributed by atoms with Gasteiger partial charge in [0.15, 0.2) is 0 Å². The average Bonchev–Trinajstić information content (AvgIpc) is 2.69. The third kappa shape index (κ3) is 2.69. The minimum Gasteiger partial charge on any atom is -0.481 e. The number of nitrogens with one attached hydrogen (secondary N) is 1. The number of carbonyl (C=O) groups is 1. The van der Waals surface area contributed by atoms with E-state index >= 15 is 0 Å². The van der Waals surface area contributed by atoms with Gasteiger partial charge in [-0.1, -0.05) is 0 Å². The minimum absolute atomic E-state index is 0.0987. The average molecular weight is 231 g/mol. The lowest BCUT2D eigenvalue weighted by Gasteiger charge is -1.94. The number of aromatic amines is 1. The Labute approximate surface area is 98.6 Å². The third-order valence-corrected chi connectivity index (χ3v) is 2.51. The zero-order chi connectivity index (χ0) is 12.3. The smallest absolute Gasteiger partial charge is 0.303 e. The summed E-state index contributed by atoms with van der Waals surface area (Å²) in [4.78, 5) is 22.0. The predicted molar refractivity (Wildman–Crippen MR) is 62.5 cm³/mol. The normalized spacial score (nSPS) is 10.4. The van der Waals surface area contributed by atoms with Gasteiger partial charge in [0.1, 0.15) is 5.82 Å². The lowest BCUT2D eigenvalue weighted by atomic mass is 10.2. The van der Waals surface area contributed by atoms with Crippen molar-refractivity contribution in [2.24, 2.45) is 0 Å². The van der Waals surface area contributed by atoms with E-state index in [1.807, 2.05) is 19.1 Å². The molecule has 0 unspecified atom stereocenters. The van der Waals surface area contributed by atoms with Crippen molar-refractivity contribution in [1.29, 1.82) is 0 Å². The second-order valence-electron chi connectivity index (χ2n) is 3.79. The maximum atomic E-state index is 10.5. The molecule has 2 aromatic rings. The summed E-state index contributed by atoms with van der Waals surface area (Å²) < 4.78 is 0. The van der Waals surface area contributed by atoms with E-state index in [9.17, 15) is 4.79 Å². The van der Waals surface area contributed by atoms with Gasteiger partial charge >= 0.3 is 5.97 Å². The number of pyridine rings is 1. The highest BCUT2D eigenvalue weighted by Gasteiger charge is 2.09. The van der Waals surface area contributed by atoms with E-state index in [2.05, 4.69) is 15.0 Å².